The first-order valence-corrected chi connectivity index (χ1v) is 7.20. The summed E-state index contributed by atoms with van der Waals surface area (Å²) in [5.74, 6) is 1.96. The minimum atomic E-state index is 0.787. The van der Waals surface area contributed by atoms with Crippen LogP contribution in [0.4, 0.5) is 0 Å². The second kappa shape index (κ2) is 5.41. The molecule has 3 rings (SSSR count). The predicted molar refractivity (Wildman–Crippen MR) is 70.0 cm³/mol. The smallest absolute Gasteiger partial charge is 0.151 e. The highest BCUT2D eigenvalue weighted by molar-refractivity contribution is 5.06. The molecule has 2 atom stereocenters. The molecule has 4 heteroatoms. The number of piperidine rings is 1. The lowest BCUT2D eigenvalue weighted by Gasteiger charge is -2.37. The zero-order valence-corrected chi connectivity index (χ0v) is 11.2. The van der Waals surface area contributed by atoms with Crippen molar-refractivity contribution in [3.05, 3.63) is 17.5 Å². The number of nitrogens with zero attached hydrogens (tertiary/aromatic N) is 2. The molecule has 1 aromatic heterocycles. The van der Waals surface area contributed by atoms with Gasteiger partial charge in [0.2, 0.25) is 0 Å². The van der Waals surface area contributed by atoms with Gasteiger partial charge in [-0.05, 0) is 45.2 Å². The van der Waals surface area contributed by atoms with Crippen LogP contribution in [0, 0.1) is 5.92 Å². The maximum absolute atomic E-state index is 5.44. The Hall–Kier alpha value is -0.870. The van der Waals surface area contributed by atoms with Crippen LogP contribution < -0.4 is 5.32 Å². The molecule has 1 N–H and O–H groups in total. The van der Waals surface area contributed by atoms with Crippen LogP contribution in [-0.2, 0) is 13.1 Å². The Kier molecular flexibility index (Phi) is 3.66. The van der Waals surface area contributed by atoms with E-state index in [0.717, 1.165) is 36.5 Å². The van der Waals surface area contributed by atoms with Crippen LogP contribution in [0.15, 0.2) is 10.6 Å². The normalized spacial score (nSPS) is 28.5. The first-order chi connectivity index (χ1) is 8.86. The lowest BCUT2D eigenvalue weighted by Crippen LogP contribution is -2.41. The van der Waals surface area contributed by atoms with Crippen molar-refractivity contribution in [2.45, 2.75) is 51.2 Å². The van der Waals surface area contributed by atoms with Crippen molar-refractivity contribution in [2.24, 2.45) is 5.92 Å². The van der Waals surface area contributed by atoms with Gasteiger partial charge in [0.25, 0.3) is 0 Å². The number of aromatic nitrogens is 1. The highest BCUT2D eigenvalue weighted by atomic mass is 16.5. The van der Waals surface area contributed by atoms with Gasteiger partial charge in [0.15, 0.2) is 5.76 Å². The second-order valence-electron chi connectivity index (χ2n) is 5.69. The quantitative estimate of drug-likeness (QED) is 0.888. The van der Waals surface area contributed by atoms with Gasteiger partial charge in [0.05, 0.1) is 12.2 Å². The Bertz CT molecular complexity index is 390. The average Bonchev–Trinajstić information content (AvgIpc) is 2.99. The van der Waals surface area contributed by atoms with Crippen LogP contribution in [0.3, 0.4) is 0 Å². The summed E-state index contributed by atoms with van der Waals surface area (Å²) in [5, 5.41) is 7.19. The molecule has 0 spiro atoms. The number of fused-ring (bicyclic) bond motifs is 1. The van der Waals surface area contributed by atoms with E-state index in [-0.39, 0.29) is 0 Å². The molecule has 100 valence electrons. The van der Waals surface area contributed by atoms with Crippen LogP contribution in [-0.4, -0.2) is 29.7 Å². The van der Waals surface area contributed by atoms with Crippen molar-refractivity contribution in [1.82, 2.24) is 15.4 Å². The fraction of sp³-hybridized carbons (Fsp3) is 0.786. The van der Waals surface area contributed by atoms with Crippen molar-refractivity contribution in [3.8, 4) is 0 Å². The van der Waals surface area contributed by atoms with E-state index in [2.05, 4.69) is 21.4 Å². The number of hydrogen-bond donors (Lipinski definition) is 1. The van der Waals surface area contributed by atoms with Gasteiger partial charge in [-0.2, -0.15) is 0 Å². The Balaban J connectivity index is 1.63. The van der Waals surface area contributed by atoms with Crippen molar-refractivity contribution in [2.75, 3.05) is 13.6 Å². The van der Waals surface area contributed by atoms with Crippen LogP contribution in [0.25, 0.3) is 0 Å². The largest absolute Gasteiger partial charge is 0.360 e. The summed E-state index contributed by atoms with van der Waals surface area (Å²) in [6.07, 6.45) is 7.00. The van der Waals surface area contributed by atoms with Crippen molar-refractivity contribution < 1.29 is 4.52 Å². The van der Waals surface area contributed by atoms with Crippen molar-refractivity contribution in [1.29, 1.82) is 0 Å². The van der Waals surface area contributed by atoms with E-state index in [9.17, 15) is 0 Å². The van der Waals surface area contributed by atoms with Gasteiger partial charge in [0.1, 0.15) is 0 Å². The van der Waals surface area contributed by atoms with E-state index in [1.165, 1.54) is 38.6 Å². The van der Waals surface area contributed by atoms with Crippen LogP contribution in [0.5, 0.6) is 0 Å². The van der Waals surface area contributed by atoms with Gasteiger partial charge in [0, 0.05) is 18.7 Å². The summed E-state index contributed by atoms with van der Waals surface area (Å²) in [6.45, 7) is 2.96. The van der Waals surface area contributed by atoms with Gasteiger partial charge >= 0.3 is 0 Å². The zero-order chi connectivity index (χ0) is 12.4. The van der Waals surface area contributed by atoms with Gasteiger partial charge in [-0.15, -0.1) is 0 Å². The number of hydrogen-bond acceptors (Lipinski definition) is 4. The summed E-state index contributed by atoms with van der Waals surface area (Å²) >= 11 is 0. The molecule has 1 saturated heterocycles. The molecule has 2 heterocycles. The molecule has 0 bridgehead atoms. The lowest BCUT2D eigenvalue weighted by atomic mass is 9.92. The Labute approximate surface area is 109 Å². The fourth-order valence-corrected chi connectivity index (χ4v) is 3.65. The molecule has 2 aliphatic rings. The topological polar surface area (TPSA) is 41.3 Å². The Morgan fingerprint density at radius 2 is 2.28 bits per heavy atom. The van der Waals surface area contributed by atoms with E-state index >= 15 is 0 Å². The third-order valence-electron chi connectivity index (χ3n) is 4.43. The highest BCUT2D eigenvalue weighted by Gasteiger charge is 2.35. The SMILES string of the molecule is CNCc1cc(CN2CCCC3CCCC32)on1. The van der Waals surface area contributed by atoms with E-state index in [1.807, 2.05) is 7.05 Å². The van der Waals surface area contributed by atoms with Crippen molar-refractivity contribution in [3.63, 3.8) is 0 Å². The monoisotopic (exact) mass is 249 g/mol. The Morgan fingerprint density at radius 3 is 3.17 bits per heavy atom. The summed E-state index contributed by atoms with van der Waals surface area (Å²) in [5.41, 5.74) is 1.01. The molecule has 4 nitrogen and oxygen atoms in total. The summed E-state index contributed by atoms with van der Waals surface area (Å²) in [6, 6.07) is 2.89. The minimum absolute atomic E-state index is 0.787. The van der Waals surface area contributed by atoms with E-state index < -0.39 is 0 Å². The molecular weight excluding hydrogens is 226 g/mol. The standard InChI is InChI=1S/C14H23N3O/c1-15-9-12-8-13(18-16-12)10-17-7-3-5-11-4-2-6-14(11)17/h8,11,14-15H,2-7,9-10H2,1H3. The maximum Gasteiger partial charge on any atom is 0.151 e. The van der Waals surface area contributed by atoms with Gasteiger partial charge < -0.3 is 9.84 Å². The molecule has 1 aliphatic heterocycles. The average molecular weight is 249 g/mol. The fourth-order valence-electron chi connectivity index (χ4n) is 3.65. The highest BCUT2D eigenvalue weighted by Crippen LogP contribution is 2.37. The van der Waals surface area contributed by atoms with Gasteiger partial charge in [-0.3, -0.25) is 4.90 Å². The molecule has 0 amide bonds. The Morgan fingerprint density at radius 1 is 1.39 bits per heavy atom. The third kappa shape index (κ3) is 2.45. The first kappa shape index (κ1) is 12.2. The van der Waals surface area contributed by atoms with Crippen LogP contribution >= 0.6 is 0 Å². The molecule has 18 heavy (non-hydrogen) atoms. The van der Waals surface area contributed by atoms with E-state index in [1.54, 1.807) is 0 Å². The molecule has 1 saturated carbocycles. The molecule has 0 aromatic carbocycles. The second-order valence-corrected chi connectivity index (χ2v) is 5.69. The predicted octanol–water partition coefficient (Wildman–Crippen LogP) is 2.16. The summed E-state index contributed by atoms with van der Waals surface area (Å²) in [4.78, 5) is 2.62. The molecule has 0 radical (unpaired) electrons. The number of nitrogens with one attached hydrogen (secondary N) is 1. The molecule has 2 fully saturated rings. The summed E-state index contributed by atoms with van der Waals surface area (Å²) in [7, 11) is 1.93. The maximum atomic E-state index is 5.44. The van der Waals surface area contributed by atoms with Crippen LogP contribution in [0.1, 0.15) is 43.6 Å². The first-order valence-electron chi connectivity index (χ1n) is 7.20. The third-order valence-corrected chi connectivity index (χ3v) is 4.43. The molecule has 2 unspecified atom stereocenters. The van der Waals surface area contributed by atoms with E-state index in [0.29, 0.717) is 0 Å². The summed E-state index contributed by atoms with van der Waals surface area (Å²) < 4.78 is 5.44. The minimum Gasteiger partial charge on any atom is -0.360 e. The van der Waals surface area contributed by atoms with Crippen LogP contribution in [0.2, 0.25) is 0 Å². The van der Waals surface area contributed by atoms with Gasteiger partial charge in [-0.25, -0.2) is 0 Å². The van der Waals surface area contributed by atoms with Crippen molar-refractivity contribution >= 4 is 0 Å². The van der Waals surface area contributed by atoms with Gasteiger partial charge in [-0.1, -0.05) is 11.6 Å². The lowest BCUT2D eigenvalue weighted by molar-refractivity contribution is 0.0952. The molecule has 1 aromatic rings. The van der Waals surface area contributed by atoms with E-state index in [4.69, 9.17) is 4.52 Å². The molecular formula is C14H23N3O. The zero-order valence-electron chi connectivity index (χ0n) is 11.2. The number of likely N-dealkylation sites (tertiary alicyclic amines) is 1. The number of rotatable bonds is 4. The molecule has 1 aliphatic carbocycles.